The van der Waals surface area contributed by atoms with Gasteiger partial charge in [-0.2, -0.15) is 0 Å². The Morgan fingerprint density at radius 1 is 1.44 bits per heavy atom. The molecule has 1 aromatic carbocycles. The molecule has 0 atom stereocenters. The van der Waals surface area contributed by atoms with E-state index < -0.39 is 0 Å². The Hall–Kier alpha value is -1.77. The SMILES string of the molecule is CCCc1[nH]c2ccc(OC)cc2c1C=O. The van der Waals surface area contributed by atoms with Crippen LogP contribution in [0.2, 0.25) is 0 Å². The van der Waals surface area contributed by atoms with E-state index in [0.29, 0.717) is 0 Å². The van der Waals surface area contributed by atoms with E-state index in [1.807, 2.05) is 18.2 Å². The van der Waals surface area contributed by atoms with Gasteiger partial charge in [-0.15, -0.1) is 0 Å². The van der Waals surface area contributed by atoms with Crippen LogP contribution in [0.1, 0.15) is 29.4 Å². The van der Waals surface area contributed by atoms with Gasteiger partial charge in [0.05, 0.1) is 7.11 Å². The van der Waals surface area contributed by atoms with Crippen LogP contribution >= 0.6 is 0 Å². The summed E-state index contributed by atoms with van der Waals surface area (Å²) in [5.41, 5.74) is 2.77. The molecule has 3 nitrogen and oxygen atoms in total. The molecule has 0 saturated carbocycles. The molecule has 0 aliphatic carbocycles. The molecule has 0 fully saturated rings. The summed E-state index contributed by atoms with van der Waals surface area (Å²) in [6, 6.07) is 5.73. The minimum Gasteiger partial charge on any atom is -0.497 e. The lowest BCUT2D eigenvalue weighted by Crippen LogP contribution is -1.89. The predicted molar refractivity (Wildman–Crippen MR) is 64.2 cm³/mol. The number of aromatic nitrogens is 1. The second-order valence-corrected chi connectivity index (χ2v) is 3.80. The van der Waals surface area contributed by atoms with Crippen LogP contribution < -0.4 is 4.74 Å². The number of hydrogen-bond donors (Lipinski definition) is 1. The molecule has 0 saturated heterocycles. The number of carbonyl (C=O) groups is 1. The topological polar surface area (TPSA) is 42.1 Å². The van der Waals surface area contributed by atoms with Crippen LogP contribution in [-0.4, -0.2) is 18.4 Å². The molecule has 1 heterocycles. The van der Waals surface area contributed by atoms with Gasteiger partial charge in [-0.05, 0) is 24.6 Å². The Morgan fingerprint density at radius 2 is 2.25 bits per heavy atom. The normalized spacial score (nSPS) is 10.6. The standard InChI is InChI=1S/C13H15NO2/c1-3-4-12-11(8-15)10-7-9(16-2)5-6-13(10)14-12/h5-8,14H,3-4H2,1-2H3. The van der Waals surface area contributed by atoms with Crippen molar-refractivity contribution >= 4 is 17.2 Å². The van der Waals surface area contributed by atoms with Crippen molar-refractivity contribution in [1.29, 1.82) is 0 Å². The van der Waals surface area contributed by atoms with Gasteiger partial charge in [0, 0.05) is 22.2 Å². The quantitative estimate of drug-likeness (QED) is 0.800. The van der Waals surface area contributed by atoms with E-state index in [4.69, 9.17) is 4.74 Å². The van der Waals surface area contributed by atoms with Crippen LogP contribution in [-0.2, 0) is 6.42 Å². The van der Waals surface area contributed by atoms with Gasteiger partial charge >= 0.3 is 0 Å². The number of aryl methyl sites for hydroxylation is 1. The number of ether oxygens (including phenoxy) is 1. The summed E-state index contributed by atoms with van der Waals surface area (Å²) >= 11 is 0. The summed E-state index contributed by atoms with van der Waals surface area (Å²) in [6.07, 6.45) is 2.83. The van der Waals surface area contributed by atoms with E-state index in [1.54, 1.807) is 7.11 Å². The molecule has 0 radical (unpaired) electrons. The summed E-state index contributed by atoms with van der Waals surface area (Å²) in [7, 11) is 1.63. The lowest BCUT2D eigenvalue weighted by atomic mass is 10.1. The zero-order valence-corrected chi connectivity index (χ0v) is 9.54. The fourth-order valence-electron chi connectivity index (χ4n) is 1.96. The number of methoxy groups -OCH3 is 1. The number of rotatable bonds is 4. The molecular weight excluding hydrogens is 202 g/mol. The van der Waals surface area contributed by atoms with Crippen LogP contribution in [0.5, 0.6) is 5.75 Å². The summed E-state index contributed by atoms with van der Waals surface area (Å²) in [4.78, 5) is 14.4. The highest BCUT2D eigenvalue weighted by Gasteiger charge is 2.10. The fourth-order valence-corrected chi connectivity index (χ4v) is 1.96. The largest absolute Gasteiger partial charge is 0.497 e. The Kier molecular flexibility index (Phi) is 2.95. The molecule has 1 N–H and O–H groups in total. The number of carbonyl (C=O) groups excluding carboxylic acids is 1. The van der Waals surface area contributed by atoms with Crippen LogP contribution in [0.25, 0.3) is 10.9 Å². The lowest BCUT2D eigenvalue weighted by Gasteiger charge is -1.98. The van der Waals surface area contributed by atoms with E-state index in [-0.39, 0.29) is 0 Å². The lowest BCUT2D eigenvalue weighted by molar-refractivity contribution is 0.112. The molecule has 0 amide bonds. The first-order valence-corrected chi connectivity index (χ1v) is 5.44. The van der Waals surface area contributed by atoms with Crippen LogP contribution in [0, 0.1) is 0 Å². The maximum Gasteiger partial charge on any atom is 0.152 e. The molecule has 2 rings (SSSR count). The minimum atomic E-state index is 0.760. The zero-order chi connectivity index (χ0) is 11.5. The summed E-state index contributed by atoms with van der Waals surface area (Å²) in [5, 5.41) is 0.942. The second kappa shape index (κ2) is 4.39. The first kappa shape index (κ1) is 10.7. The molecule has 0 unspecified atom stereocenters. The van der Waals surface area contributed by atoms with Gasteiger partial charge in [0.1, 0.15) is 5.75 Å². The monoisotopic (exact) mass is 217 g/mol. The third-order valence-electron chi connectivity index (χ3n) is 2.75. The first-order chi connectivity index (χ1) is 7.80. The molecule has 0 bridgehead atoms. The Labute approximate surface area is 94.4 Å². The van der Waals surface area contributed by atoms with Crippen LogP contribution in [0.4, 0.5) is 0 Å². The third-order valence-corrected chi connectivity index (χ3v) is 2.75. The highest BCUT2D eigenvalue weighted by Crippen LogP contribution is 2.26. The van der Waals surface area contributed by atoms with Gasteiger partial charge in [0.15, 0.2) is 6.29 Å². The van der Waals surface area contributed by atoms with E-state index >= 15 is 0 Å². The van der Waals surface area contributed by atoms with E-state index in [1.165, 1.54) is 0 Å². The van der Waals surface area contributed by atoms with E-state index in [2.05, 4.69) is 11.9 Å². The van der Waals surface area contributed by atoms with Gasteiger partial charge in [0.2, 0.25) is 0 Å². The number of nitrogens with one attached hydrogen (secondary N) is 1. The van der Waals surface area contributed by atoms with Crippen LogP contribution in [0.3, 0.4) is 0 Å². The molecule has 16 heavy (non-hydrogen) atoms. The molecule has 0 aliphatic rings. The number of benzene rings is 1. The van der Waals surface area contributed by atoms with Crippen molar-refractivity contribution < 1.29 is 9.53 Å². The van der Waals surface area contributed by atoms with Crippen molar-refractivity contribution in [3.05, 3.63) is 29.5 Å². The number of aromatic amines is 1. The number of fused-ring (bicyclic) bond motifs is 1. The van der Waals surface area contributed by atoms with Crippen molar-refractivity contribution in [2.24, 2.45) is 0 Å². The van der Waals surface area contributed by atoms with E-state index in [0.717, 1.165) is 47.0 Å². The number of hydrogen-bond acceptors (Lipinski definition) is 2. The van der Waals surface area contributed by atoms with Crippen molar-refractivity contribution in [2.75, 3.05) is 7.11 Å². The van der Waals surface area contributed by atoms with Gasteiger partial charge < -0.3 is 9.72 Å². The first-order valence-electron chi connectivity index (χ1n) is 5.44. The van der Waals surface area contributed by atoms with Gasteiger partial charge in [-0.1, -0.05) is 13.3 Å². The number of aldehydes is 1. The average Bonchev–Trinajstić information content (AvgIpc) is 2.65. The molecule has 0 aliphatic heterocycles. The fraction of sp³-hybridized carbons (Fsp3) is 0.308. The maximum absolute atomic E-state index is 11.1. The highest BCUT2D eigenvalue weighted by molar-refractivity contribution is 5.99. The molecule has 3 heteroatoms. The Balaban J connectivity index is 2.63. The van der Waals surface area contributed by atoms with Crippen molar-refractivity contribution in [3.63, 3.8) is 0 Å². The highest BCUT2D eigenvalue weighted by atomic mass is 16.5. The minimum absolute atomic E-state index is 0.760. The van der Waals surface area contributed by atoms with Gasteiger partial charge in [-0.25, -0.2) is 0 Å². The summed E-state index contributed by atoms with van der Waals surface area (Å²) in [6.45, 7) is 2.10. The summed E-state index contributed by atoms with van der Waals surface area (Å²) in [5.74, 6) is 0.776. The van der Waals surface area contributed by atoms with Gasteiger partial charge in [0.25, 0.3) is 0 Å². The maximum atomic E-state index is 11.1. The summed E-state index contributed by atoms with van der Waals surface area (Å²) < 4.78 is 5.16. The molecule has 2 aromatic rings. The molecular formula is C13H15NO2. The molecule has 1 aromatic heterocycles. The van der Waals surface area contributed by atoms with Crippen molar-refractivity contribution in [1.82, 2.24) is 4.98 Å². The van der Waals surface area contributed by atoms with Crippen molar-refractivity contribution in [3.8, 4) is 5.75 Å². The zero-order valence-electron chi connectivity index (χ0n) is 9.54. The molecule has 84 valence electrons. The molecule has 0 spiro atoms. The smallest absolute Gasteiger partial charge is 0.152 e. The van der Waals surface area contributed by atoms with Gasteiger partial charge in [-0.3, -0.25) is 4.79 Å². The van der Waals surface area contributed by atoms with E-state index in [9.17, 15) is 4.79 Å². The second-order valence-electron chi connectivity index (χ2n) is 3.80. The Bertz CT molecular complexity index is 514. The Morgan fingerprint density at radius 3 is 2.88 bits per heavy atom. The van der Waals surface area contributed by atoms with Crippen LogP contribution in [0.15, 0.2) is 18.2 Å². The predicted octanol–water partition coefficient (Wildman–Crippen LogP) is 2.94. The number of H-pyrrole nitrogens is 1. The van der Waals surface area contributed by atoms with Crippen molar-refractivity contribution in [2.45, 2.75) is 19.8 Å². The third kappa shape index (κ3) is 1.69. The average molecular weight is 217 g/mol.